The van der Waals surface area contributed by atoms with Crippen molar-refractivity contribution in [1.82, 2.24) is 9.97 Å². The molecule has 0 spiro atoms. The molecule has 5 nitrogen and oxygen atoms in total. The highest BCUT2D eigenvalue weighted by atomic mass is 32.2. The molecule has 78 valence electrons. The number of carbonyl (C=O) groups is 1. The summed E-state index contributed by atoms with van der Waals surface area (Å²) in [5.74, 6) is 0.588. The number of anilines is 1. The first-order chi connectivity index (χ1) is 7.27. The van der Waals surface area contributed by atoms with E-state index in [2.05, 4.69) is 9.97 Å². The molecule has 1 aromatic heterocycles. The number of nitrogens with zero attached hydrogens (tertiary/aromatic N) is 3. The third kappa shape index (κ3) is 2.27. The molecule has 1 aliphatic rings. The molecule has 1 aromatic rings. The predicted molar refractivity (Wildman–Crippen MR) is 57.6 cm³/mol. The maximum absolute atomic E-state index is 10.8. The van der Waals surface area contributed by atoms with E-state index in [1.165, 1.54) is 18.1 Å². The molecule has 1 aliphatic heterocycles. The fourth-order valence-electron chi connectivity index (χ4n) is 1.25. The van der Waals surface area contributed by atoms with Crippen molar-refractivity contribution < 1.29 is 9.90 Å². The van der Waals surface area contributed by atoms with Gasteiger partial charge in [0, 0.05) is 24.7 Å². The van der Waals surface area contributed by atoms with Crippen LogP contribution in [0.25, 0.3) is 0 Å². The number of thioether (sulfide) groups is 1. The molecule has 0 saturated carbocycles. The molecule has 0 fully saturated rings. The summed E-state index contributed by atoms with van der Waals surface area (Å²) in [5.41, 5.74) is 0. The molecule has 6 heteroatoms. The van der Waals surface area contributed by atoms with Crippen LogP contribution < -0.4 is 4.90 Å². The molecule has 0 aromatic carbocycles. The maximum Gasteiger partial charge on any atom is 0.343 e. The summed E-state index contributed by atoms with van der Waals surface area (Å²) in [6, 6.07) is 1.76. The topological polar surface area (TPSA) is 66.3 Å². The molecule has 0 radical (unpaired) electrons. The number of carboxylic acid groups (broad SMARTS) is 1. The van der Waals surface area contributed by atoms with Crippen LogP contribution in [0.5, 0.6) is 0 Å². The molecule has 15 heavy (non-hydrogen) atoms. The van der Waals surface area contributed by atoms with Crippen molar-refractivity contribution in [3.8, 4) is 0 Å². The van der Waals surface area contributed by atoms with E-state index < -0.39 is 5.97 Å². The first-order valence-corrected chi connectivity index (χ1v) is 5.36. The van der Waals surface area contributed by atoms with Gasteiger partial charge in [-0.15, -0.1) is 11.8 Å². The third-order valence-electron chi connectivity index (χ3n) is 1.93. The van der Waals surface area contributed by atoms with E-state index in [4.69, 9.17) is 5.11 Å². The Labute approximate surface area is 90.8 Å². The quantitative estimate of drug-likeness (QED) is 0.805. The lowest BCUT2D eigenvalue weighted by Gasteiger charge is -2.23. The molecule has 1 N–H and O–H groups in total. The van der Waals surface area contributed by atoms with E-state index in [0.717, 1.165) is 18.1 Å². The molecule has 2 heterocycles. The van der Waals surface area contributed by atoms with Gasteiger partial charge in [0.15, 0.2) is 0 Å². The van der Waals surface area contributed by atoms with Gasteiger partial charge in [-0.25, -0.2) is 14.8 Å². The summed E-state index contributed by atoms with van der Waals surface area (Å²) in [6.45, 7) is 0.762. The van der Waals surface area contributed by atoms with Crippen LogP contribution in [0.2, 0.25) is 0 Å². The lowest BCUT2D eigenvalue weighted by molar-refractivity contribution is -0.131. The molecule has 0 saturated heterocycles. The minimum Gasteiger partial charge on any atom is -0.477 e. The van der Waals surface area contributed by atoms with Crippen LogP contribution in [-0.4, -0.2) is 33.3 Å². The second-order valence-electron chi connectivity index (χ2n) is 2.91. The van der Waals surface area contributed by atoms with E-state index >= 15 is 0 Å². The fraction of sp³-hybridized carbons (Fsp3) is 0.222. The third-order valence-corrected chi connectivity index (χ3v) is 2.91. The average Bonchev–Trinajstić information content (AvgIpc) is 2.30. The highest BCUT2D eigenvalue weighted by Crippen LogP contribution is 2.24. The van der Waals surface area contributed by atoms with E-state index in [1.54, 1.807) is 18.5 Å². The van der Waals surface area contributed by atoms with Gasteiger partial charge in [0.1, 0.15) is 17.1 Å². The summed E-state index contributed by atoms with van der Waals surface area (Å²) < 4.78 is 0. The van der Waals surface area contributed by atoms with Crippen molar-refractivity contribution in [3.63, 3.8) is 0 Å². The number of hydrogen-bond acceptors (Lipinski definition) is 5. The van der Waals surface area contributed by atoms with Crippen LogP contribution in [0.15, 0.2) is 29.7 Å². The van der Waals surface area contributed by atoms with Crippen LogP contribution in [0.3, 0.4) is 0 Å². The normalized spacial score (nSPS) is 16.0. The first-order valence-electron chi connectivity index (χ1n) is 4.38. The number of aliphatic carboxylic acids is 1. The highest BCUT2D eigenvalue weighted by molar-refractivity contribution is 8.04. The van der Waals surface area contributed by atoms with Crippen LogP contribution in [0.1, 0.15) is 0 Å². The first kappa shape index (κ1) is 9.97. The van der Waals surface area contributed by atoms with E-state index in [1.807, 2.05) is 4.90 Å². The summed E-state index contributed by atoms with van der Waals surface area (Å²) in [6.07, 6.45) is 4.70. The number of hydrogen-bond donors (Lipinski definition) is 1. The van der Waals surface area contributed by atoms with Gasteiger partial charge in [0.25, 0.3) is 0 Å². The molecule has 0 aliphatic carbocycles. The fourth-order valence-corrected chi connectivity index (χ4v) is 2.08. The Kier molecular flexibility index (Phi) is 2.86. The predicted octanol–water partition coefficient (Wildman–Crippen LogP) is 0.956. The standard InChI is InChI=1S/C9H9N3O2S/c13-9(14)7-5-12(3-4-15-7)8-1-2-10-6-11-8/h1-2,5-6H,3-4H2,(H,13,14). The van der Waals surface area contributed by atoms with Gasteiger partial charge in [0.2, 0.25) is 0 Å². The van der Waals surface area contributed by atoms with Crippen molar-refractivity contribution >= 4 is 23.5 Å². The van der Waals surface area contributed by atoms with Gasteiger partial charge in [-0.2, -0.15) is 0 Å². The highest BCUT2D eigenvalue weighted by Gasteiger charge is 2.17. The van der Waals surface area contributed by atoms with Gasteiger partial charge in [0.05, 0.1) is 0 Å². The number of aromatic nitrogens is 2. The Morgan fingerprint density at radius 2 is 2.47 bits per heavy atom. The lowest BCUT2D eigenvalue weighted by Crippen LogP contribution is -2.25. The van der Waals surface area contributed by atoms with Gasteiger partial charge < -0.3 is 10.0 Å². The van der Waals surface area contributed by atoms with Crippen molar-refractivity contribution in [1.29, 1.82) is 0 Å². The lowest BCUT2D eigenvalue weighted by atomic mass is 10.4. The smallest absolute Gasteiger partial charge is 0.343 e. The Morgan fingerprint density at radius 3 is 3.13 bits per heavy atom. The largest absolute Gasteiger partial charge is 0.477 e. The molecule has 0 bridgehead atoms. The van der Waals surface area contributed by atoms with Gasteiger partial charge in [-0.3, -0.25) is 0 Å². The van der Waals surface area contributed by atoms with E-state index in [-0.39, 0.29) is 0 Å². The van der Waals surface area contributed by atoms with Crippen molar-refractivity contribution in [2.24, 2.45) is 0 Å². The summed E-state index contributed by atoms with van der Waals surface area (Å²) >= 11 is 1.35. The summed E-state index contributed by atoms with van der Waals surface area (Å²) in [4.78, 5) is 20.8. The second kappa shape index (κ2) is 4.31. The zero-order valence-corrected chi connectivity index (χ0v) is 8.65. The maximum atomic E-state index is 10.8. The van der Waals surface area contributed by atoms with Crippen LogP contribution in [0, 0.1) is 0 Å². The molecule has 0 unspecified atom stereocenters. The van der Waals surface area contributed by atoms with E-state index in [9.17, 15) is 4.79 Å². The Balaban J connectivity index is 2.24. The minimum atomic E-state index is -0.890. The number of rotatable bonds is 2. The molecule has 0 amide bonds. The van der Waals surface area contributed by atoms with Crippen molar-refractivity contribution in [2.45, 2.75) is 0 Å². The van der Waals surface area contributed by atoms with Gasteiger partial charge >= 0.3 is 5.97 Å². The molecular formula is C9H9N3O2S. The SMILES string of the molecule is O=C(O)C1=CN(c2ccncn2)CCS1. The Bertz CT molecular complexity index is 394. The second-order valence-corrected chi connectivity index (χ2v) is 4.04. The molecule has 0 atom stereocenters. The number of carboxylic acids is 1. The van der Waals surface area contributed by atoms with Crippen molar-refractivity contribution in [3.05, 3.63) is 29.7 Å². The zero-order valence-electron chi connectivity index (χ0n) is 7.83. The Hall–Kier alpha value is -1.56. The zero-order chi connectivity index (χ0) is 10.7. The van der Waals surface area contributed by atoms with Gasteiger partial charge in [-0.05, 0) is 6.07 Å². The van der Waals surface area contributed by atoms with Crippen LogP contribution >= 0.6 is 11.8 Å². The van der Waals surface area contributed by atoms with Crippen LogP contribution in [-0.2, 0) is 4.79 Å². The van der Waals surface area contributed by atoms with E-state index in [0.29, 0.717) is 4.91 Å². The molecule has 2 rings (SSSR count). The van der Waals surface area contributed by atoms with Crippen LogP contribution in [0.4, 0.5) is 5.82 Å². The summed E-state index contributed by atoms with van der Waals surface area (Å²) in [7, 11) is 0. The summed E-state index contributed by atoms with van der Waals surface area (Å²) in [5, 5.41) is 8.85. The minimum absolute atomic E-state index is 0.347. The van der Waals surface area contributed by atoms with Gasteiger partial charge in [-0.1, -0.05) is 0 Å². The Morgan fingerprint density at radius 1 is 1.60 bits per heavy atom. The average molecular weight is 223 g/mol. The molecular weight excluding hydrogens is 214 g/mol. The monoisotopic (exact) mass is 223 g/mol. The van der Waals surface area contributed by atoms with Crippen molar-refractivity contribution in [2.75, 3.05) is 17.2 Å².